The molecule has 0 heterocycles. The Bertz CT molecular complexity index is 774. The first kappa shape index (κ1) is 18.1. The number of anilines is 2. The number of hydrogen-bond donors (Lipinski definition) is 2. The maximum Gasteiger partial charge on any atom is 0.416 e. The van der Waals surface area contributed by atoms with Crippen LogP contribution >= 0.6 is 23.2 Å². The van der Waals surface area contributed by atoms with Crippen molar-refractivity contribution in [2.45, 2.75) is 6.18 Å². The minimum absolute atomic E-state index is 0.0324. The normalized spacial score (nSPS) is 11.0. The molecule has 0 aliphatic carbocycles. The second-order valence-corrected chi connectivity index (χ2v) is 5.40. The summed E-state index contributed by atoms with van der Waals surface area (Å²) in [5.74, 6) is -2.28. The molecule has 0 radical (unpaired) electrons. The number of amides is 2. The van der Waals surface area contributed by atoms with Gasteiger partial charge < -0.3 is 10.6 Å². The first-order valence-electron chi connectivity index (χ1n) is 6.42. The third-order valence-corrected chi connectivity index (χ3v) is 3.49. The second kappa shape index (κ2) is 7.11. The van der Waals surface area contributed by atoms with Gasteiger partial charge in [0.2, 0.25) is 0 Å². The zero-order chi connectivity index (χ0) is 17.9. The van der Waals surface area contributed by atoms with E-state index in [-0.39, 0.29) is 21.4 Å². The highest BCUT2D eigenvalue weighted by Gasteiger charge is 2.30. The first-order chi connectivity index (χ1) is 11.2. The van der Waals surface area contributed by atoms with E-state index in [0.717, 1.165) is 12.1 Å². The molecule has 2 rings (SSSR count). The number of rotatable bonds is 2. The van der Waals surface area contributed by atoms with Crippen LogP contribution in [-0.2, 0) is 15.8 Å². The maximum absolute atomic E-state index is 12.6. The van der Waals surface area contributed by atoms with E-state index in [9.17, 15) is 22.8 Å². The van der Waals surface area contributed by atoms with Crippen LogP contribution in [0.5, 0.6) is 0 Å². The number of carbonyl (C=O) groups excluding carboxylic acids is 2. The van der Waals surface area contributed by atoms with Crippen LogP contribution in [0, 0.1) is 0 Å². The van der Waals surface area contributed by atoms with Crippen molar-refractivity contribution in [2.75, 3.05) is 10.6 Å². The number of alkyl halides is 3. The molecular formula is C15H9Cl2F3N2O2. The lowest BCUT2D eigenvalue weighted by Gasteiger charge is -2.11. The van der Waals surface area contributed by atoms with Crippen LogP contribution in [0.4, 0.5) is 24.5 Å². The fourth-order valence-electron chi connectivity index (χ4n) is 1.75. The van der Waals surface area contributed by atoms with Crippen LogP contribution in [0.25, 0.3) is 0 Å². The molecule has 24 heavy (non-hydrogen) atoms. The molecule has 0 spiro atoms. The number of carbonyl (C=O) groups is 2. The van der Waals surface area contributed by atoms with Crippen molar-refractivity contribution in [1.29, 1.82) is 0 Å². The van der Waals surface area contributed by atoms with Crippen molar-refractivity contribution in [1.82, 2.24) is 0 Å². The predicted molar refractivity (Wildman–Crippen MR) is 85.2 cm³/mol. The number of para-hydroxylation sites is 1. The standard InChI is InChI=1S/C15H9Cl2F3N2O2/c16-10-5-2-6-11(17)12(10)22-14(24)13(23)21-9-4-1-3-8(7-9)15(18,19)20/h1-7H,(H,21,23)(H,22,24). The second-order valence-electron chi connectivity index (χ2n) is 4.58. The molecule has 0 unspecified atom stereocenters. The minimum atomic E-state index is -4.56. The van der Waals surface area contributed by atoms with Crippen molar-refractivity contribution in [2.24, 2.45) is 0 Å². The number of nitrogens with one attached hydrogen (secondary N) is 2. The molecule has 9 heteroatoms. The Morgan fingerprint density at radius 2 is 1.42 bits per heavy atom. The molecule has 0 saturated carbocycles. The molecular weight excluding hydrogens is 368 g/mol. The van der Waals surface area contributed by atoms with E-state index in [1.54, 1.807) is 6.07 Å². The quantitative estimate of drug-likeness (QED) is 0.753. The number of halogens is 5. The van der Waals surface area contributed by atoms with Gasteiger partial charge >= 0.3 is 18.0 Å². The average Bonchev–Trinajstić information content (AvgIpc) is 2.50. The first-order valence-corrected chi connectivity index (χ1v) is 7.17. The smallest absolute Gasteiger partial charge is 0.318 e. The lowest BCUT2D eigenvalue weighted by Crippen LogP contribution is -2.29. The highest BCUT2D eigenvalue weighted by molar-refractivity contribution is 6.46. The fraction of sp³-hybridized carbons (Fsp3) is 0.0667. The molecule has 0 saturated heterocycles. The summed E-state index contributed by atoms with van der Waals surface area (Å²) in [4.78, 5) is 23.7. The molecule has 0 aliphatic heterocycles. The van der Waals surface area contributed by atoms with Crippen molar-refractivity contribution in [3.05, 3.63) is 58.1 Å². The van der Waals surface area contributed by atoms with E-state index in [4.69, 9.17) is 23.2 Å². The van der Waals surface area contributed by atoms with E-state index in [0.29, 0.717) is 6.07 Å². The van der Waals surface area contributed by atoms with Gasteiger partial charge in [0.25, 0.3) is 0 Å². The molecule has 2 aromatic rings. The largest absolute Gasteiger partial charge is 0.416 e. The molecule has 2 aromatic carbocycles. The Labute approximate surface area is 144 Å². The highest BCUT2D eigenvalue weighted by Crippen LogP contribution is 2.31. The van der Waals surface area contributed by atoms with Gasteiger partial charge in [0.1, 0.15) is 0 Å². The number of hydrogen-bond acceptors (Lipinski definition) is 2. The molecule has 2 amide bonds. The van der Waals surface area contributed by atoms with Crippen LogP contribution in [-0.4, -0.2) is 11.8 Å². The van der Waals surface area contributed by atoms with Gasteiger partial charge in [0, 0.05) is 5.69 Å². The van der Waals surface area contributed by atoms with Gasteiger partial charge in [-0.15, -0.1) is 0 Å². The summed E-state index contributed by atoms with van der Waals surface area (Å²) in [6, 6.07) is 8.35. The lowest BCUT2D eigenvalue weighted by molar-refractivity contribution is -0.137. The van der Waals surface area contributed by atoms with E-state index in [1.165, 1.54) is 18.2 Å². The third kappa shape index (κ3) is 4.39. The van der Waals surface area contributed by atoms with Gasteiger partial charge in [0.15, 0.2) is 0 Å². The van der Waals surface area contributed by atoms with Crippen molar-refractivity contribution >= 4 is 46.4 Å². The van der Waals surface area contributed by atoms with E-state index in [2.05, 4.69) is 10.6 Å². The van der Waals surface area contributed by atoms with Crippen molar-refractivity contribution < 1.29 is 22.8 Å². The van der Waals surface area contributed by atoms with Gasteiger partial charge in [-0.05, 0) is 30.3 Å². The summed E-state index contributed by atoms with van der Waals surface area (Å²) in [5, 5.41) is 4.51. The molecule has 0 atom stereocenters. The van der Waals surface area contributed by atoms with E-state index >= 15 is 0 Å². The maximum atomic E-state index is 12.6. The Kier molecular flexibility index (Phi) is 5.36. The Morgan fingerprint density at radius 3 is 2.00 bits per heavy atom. The van der Waals surface area contributed by atoms with Crippen LogP contribution in [0.3, 0.4) is 0 Å². The monoisotopic (exact) mass is 376 g/mol. The molecule has 2 N–H and O–H groups in total. The zero-order valence-electron chi connectivity index (χ0n) is 11.7. The topological polar surface area (TPSA) is 58.2 Å². The van der Waals surface area contributed by atoms with Crippen LogP contribution in [0.1, 0.15) is 5.56 Å². The Morgan fingerprint density at radius 1 is 0.875 bits per heavy atom. The molecule has 126 valence electrons. The van der Waals surface area contributed by atoms with Crippen LogP contribution < -0.4 is 10.6 Å². The lowest BCUT2D eigenvalue weighted by atomic mass is 10.2. The molecule has 0 aromatic heterocycles. The third-order valence-electron chi connectivity index (χ3n) is 2.86. The minimum Gasteiger partial charge on any atom is -0.318 e. The summed E-state index contributed by atoms with van der Waals surface area (Å²) in [7, 11) is 0. The van der Waals surface area contributed by atoms with E-state index < -0.39 is 23.6 Å². The number of benzene rings is 2. The van der Waals surface area contributed by atoms with Gasteiger partial charge in [-0.25, -0.2) is 0 Å². The molecule has 0 aliphatic rings. The summed E-state index contributed by atoms with van der Waals surface area (Å²) in [6.45, 7) is 0. The van der Waals surface area contributed by atoms with Crippen LogP contribution in [0.15, 0.2) is 42.5 Å². The summed E-state index contributed by atoms with van der Waals surface area (Å²) in [5.41, 5.74) is -1.09. The predicted octanol–water partition coefficient (Wildman–Crippen LogP) is 4.59. The molecule has 0 fully saturated rings. The van der Waals surface area contributed by atoms with Crippen molar-refractivity contribution in [3.8, 4) is 0 Å². The van der Waals surface area contributed by atoms with Crippen molar-refractivity contribution in [3.63, 3.8) is 0 Å². The summed E-state index contributed by atoms with van der Waals surface area (Å²) in [6.07, 6.45) is -4.56. The fourth-order valence-corrected chi connectivity index (χ4v) is 2.24. The van der Waals surface area contributed by atoms with Gasteiger partial charge in [-0.3, -0.25) is 9.59 Å². The average molecular weight is 377 g/mol. The molecule has 4 nitrogen and oxygen atoms in total. The zero-order valence-corrected chi connectivity index (χ0v) is 13.3. The molecule has 0 bridgehead atoms. The summed E-state index contributed by atoms with van der Waals surface area (Å²) >= 11 is 11.7. The SMILES string of the molecule is O=C(Nc1cccc(C(F)(F)F)c1)C(=O)Nc1c(Cl)cccc1Cl. The van der Waals surface area contributed by atoms with Gasteiger partial charge in [-0.2, -0.15) is 13.2 Å². The summed E-state index contributed by atoms with van der Waals surface area (Å²) < 4.78 is 37.9. The Hall–Kier alpha value is -2.25. The Balaban J connectivity index is 2.11. The highest BCUT2D eigenvalue weighted by atomic mass is 35.5. The van der Waals surface area contributed by atoms with Gasteiger partial charge in [0.05, 0.1) is 21.3 Å². The van der Waals surface area contributed by atoms with E-state index in [1.807, 2.05) is 0 Å². The van der Waals surface area contributed by atoms with Crippen LogP contribution in [0.2, 0.25) is 10.0 Å². The van der Waals surface area contributed by atoms with Gasteiger partial charge in [-0.1, -0.05) is 35.3 Å².